The van der Waals surface area contributed by atoms with Gasteiger partial charge < -0.3 is 14.7 Å². The van der Waals surface area contributed by atoms with E-state index >= 15 is 0 Å². The van der Waals surface area contributed by atoms with Crippen molar-refractivity contribution >= 4 is 11.0 Å². The maximum absolute atomic E-state index is 14.7. The van der Waals surface area contributed by atoms with Crippen LogP contribution in [0.1, 0.15) is 36.1 Å². The molecule has 9 heteroatoms. The number of β-amino-alcohol motifs (C(OH)–C–C–N with tert-alkyl or cyclic N) is 1. The van der Waals surface area contributed by atoms with E-state index in [9.17, 15) is 9.50 Å². The molecule has 1 aliphatic heterocycles. The maximum Gasteiger partial charge on any atom is 0.213 e. The van der Waals surface area contributed by atoms with Crippen LogP contribution in [0.25, 0.3) is 22.3 Å². The molecule has 5 rings (SSSR count). The molecule has 0 bridgehead atoms. The quantitative estimate of drug-likeness (QED) is 0.467. The third-order valence-corrected chi connectivity index (χ3v) is 6.44. The number of aryl methyl sites for hydroxylation is 1. The predicted octanol–water partition coefficient (Wildman–Crippen LogP) is 3.71. The maximum atomic E-state index is 14.7. The molecule has 8 nitrogen and oxygen atoms in total. The van der Waals surface area contributed by atoms with Gasteiger partial charge in [0.05, 0.1) is 37.2 Å². The molecule has 1 unspecified atom stereocenters. The van der Waals surface area contributed by atoms with Crippen molar-refractivity contribution in [3.8, 4) is 17.1 Å². The van der Waals surface area contributed by atoms with E-state index in [0.717, 1.165) is 43.4 Å². The monoisotopic (exact) mass is 462 g/mol. The normalized spacial score (nSPS) is 16.1. The van der Waals surface area contributed by atoms with Crippen LogP contribution in [0.2, 0.25) is 0 Å². The van der Waals surface area contributed by atoms with Crippen LogP contribution in [0.15, 0.2) is 48.8 Å². The lowest BCUT2D eigenvalue weighted by atomic mass is 10.0. The van der Waals surface area contributed by atoms with Gasteiger partial charge in [-0.25, -0.2) is 14.1 Å². The molecule has 0 amide bonds. The lowest BCUT2D eigenvalue weighted by Crippen LogP contribution is -2.37. The SMILES string of the molecule is COc1ccc2ncc(F)c(C(O)CN3CCC(n4cc(-c5ccc(C)cc5)nn4)CC3)c2n1. The number of piperidine rings is 1. The van der Waals surface area contributed by atoms with Gasteiger partial charge >= 0.3 is 0 Å². The number of aliphatic hydroxyl groups excluding tert-OH is 1. The summed E-state index contributed by atoms with van der Waals surface area (Å²) < 4.78 is 21.8. The highest BCUT2D eigenvalue weighted by molar-refractivity contribution is 5.78. The zero-order chi connectivity index (χ0) is 23.7. The van der Waals surface area contributed by atoms with Gasteiger partial charge in [0.25, 0.3) is 0 Å². The number of aliphatic hydroxyl groups is 1. The van der Waals surface area contributed by atoms with Crippen molar-refractivity contribution in [2.45, 2.75) is 31.9 Å². The van der Waals surface area contributed by atoms with E-state index in [1.807, 2.05) is 10.9 Å². The van der Waals surface area contributed by atoms with Crippen molar-refractivity contribution in [3.63, 3.8) is 0 Å². The smallest absolute Gasteiger partial charge is 0.213 e. The van der Waals surface area contributed by atoms with Crippen molar-refractivity contribution in [2.75, 3.05) is 26.7 Å². The highest BCUT2D eigenvalue weighted by atomic mass is 19.1. The molecule has 0 spiro atoms. The van der Waals surface area contributed by atoms with Gasteiger partial charge in [-0.1, -0.05) is 35.0 Å². The van der Waals surface area contributed by atoms with Gasteiger partial charge in [-0.05, 0) is 25.8 Å². The number of pyridine rings is 2. The van der Waals surface area contributed by atoms with Crippen LogP contribution in [0.5, 0.6) is 5.88 Å². The fourth-order valence-electron chi connectivity index (χ4n) is 4.49. The van der Waals surface area contributed by atoms with E-state index in [0.29, 0.717) is 23.5 Å². The molecule has 4 heterocycles. The first-order valence-electron chi connectivity index (χ1n) is 11.4. The number of halogens is 1. The summed E-state index contributed by atoms with van der Waals surface area (Å²) in [5.74, 6) is -0.214. The van der Waals surface area contributed by atoms with Crippen LogP contribution in [-0.2, 0) is 0 Å². The fraction of sp³-hybridized carbons (Fsp3) is 0.360. The number of hydrogen-bond donors (Lipinski definition) is 1. The largest absolute Gasteiger partial charge is 0.481 e. The zero-order valence-electron chi connectivity index (χ0n) is 19.2. The average molecular weight is 463 g/mol. The van der Waals surface area contributed by atoms with Gasteiger partial charge in [0.15, 0.2) is 0 Å². The van der Waals surface area contributed by atoms with Gasteiger partial charge in [0.1, 0.15) is 17.0 Å². The summed E-state index contributed by atoms with van der Waals surface area (Å²) in [6, 6.07) is 11.9. The third kappa shape index (κ3) is 4.49. The van der Waals surface area contributed by atoms with Crippen molar-refractivity contribution in [1.29, 1.82) is 0 Å². The van der Waals surface area contributed by atoms with Crippen LogP contribution in [0, 0.1) is 12.7 Å². The lowest BCUT2D eigenvalue weighted by molar-refractivity contribution is 0.0872. The summed E-state index contributed by atoms with van der Waals surface area (Å²) in [7, 11) is 1.50. The minimum absolute atomic E-state index is 0.157. The molecule has 176 valence electrons. The Bertz CT molecular complexity index is 1280. The summed E-state index contributed by atoms with van der Waals surface area (Å²) in [5.41, 5.74) is 4.12. The van der Waals surface area contributed by atoms with Crippen molar-refractivity contribution in [1.82, 2.24) is 29.9 Å². The van der Waals surface area contributed by atoms with Gasteiger partial charge in [-0.15, -0.1) is 5.10 Å². The number of likely N-dealkylation sites (tertiary alicyclic amines) is 1. The molecule has 4 aromatic rings. The molecule has 0 radical (unpaired) electrons. The summed E-state index contributed by atoms with van der Waals surface area (Å²) >= 11 is 0. The Hall–Kier alpha value is -3.43. The first-order valence-corrected chi connectivity index (χ1v) is 11.4. The molecule has 1 aliphatic rings. The molecule has 1 fully saturated rings. The second-order valence-electron chi connectivity index (χ2n) is 8.74. The number of hydrogen-bond acceptors (Lipinski definition) is 7. The Balaban J connectivity index is 1.25. The second-order valence-corrected chi connectivity index (χ2v) is 8.74. The van der Waals surface area contributed by atoms with Crippen molar-refractivity contribution in [3.05, 3.63) is 65.7 Å². The van der Waals surface area contributed by atoms with Crippen LogP contribution in [0.3, 0.4) is 0 Å². The Labute approximate surface area is 197 Å². The highest BCUT2D eigenvalue weighted by Crippen LogP contribution is 2.29. The second kappa shape index (κ2) is 9.44. The van der Waals surface area contributed by atoms with Crippen molar-refractivity contribution in [2.24, 2.45) is 0 Å². The first kappa shape index (κ1) is 22.4. The Morgan fingerprint density at radius 3 is 2.65 bits per heavy atom. The fourth-order valence-corrected chi connectivity index (χ4v) is 4.49. The number of methoxy groups -OCH3 is 1. The summed E-state index contributed by atoms with van der Waals surface area (Å²) in [4.78, 5) is 10.6. The van der Waals surface area contributed by atoms with Gasteiger partial charge in [0.2, 0.25) is 5.88 Å². The Morgan fingerprint density at radius 1 is 1.15 bits per heavy atom. The number of nitrogens with zero attached hydrogens (tertiary/aromatic N) is 6. The number of aromatic nitrogens is 5. The van der Waals surface area contributed by atoms with E-state index in [2.05, 4.69) is 56.4 Å². The molecular formula is C25H27FN6O2. The van der Waals surface area contributed by atoms with Gasteiger partial charge in [0, 0.05) is 36.8 Å². The van der Waals surface area contributed by atoms with Crippen LogP contribution in [0.4, 0.5) is 4.39 Å². The Morgan fingerprint density at radius 2 is 1.91 bits per heavy atom. The summed E-state index contributed by atoms with van der Waals surface area (Å²) in [5, 5.41) is 19.6. The highest BCUT2D eigenvalue weighted by Gasteiger charge is 2.26. The number of ether oxygens (including phenoxy) is 1. The number of fused-ring (bicyclic) bond motifs is 1. The van der Waals surface area contributed by atoms with E-state index < -0.39 is 11.9 Å². The lowest BCUT2D eigenvalue weighted by Gasteiger charge is -2.33. The molecular weight excluding hydrogens is 435 g/mol. The molecule has 34 heavy (non-hydrogen) atoms. The number of rotatable bonds is 6. The molecule has 1 saturated heterocycles. The zero-order valence-corrected chi connectivity index (χ0v) is 19.2. The molecule has 1 N–H and O–H groups in total. The summed E-state index contributed by atoms with van der Waals surface area (Å²) in [6.07, 6.45) is 3.85. The van der Waals surface area contributed by atoms with Crippen LogP contribution >= 0.6 is 0 Å². The van der Waals surface area contributed by atoms with Crippen LogP contribution < -0.4 is 4.74 Å². The standard InChI is InChI=1S/C25H27FN6O2/c1-16-3-5-17(6-4-16)21-14-32(30-29-21)18-9-11-31(12-10-18)15-22(33)24-19(26)13-27-20-7-8-23(34-2)28-25(20)24/h3-8,13-14,18,22,33H,9-12,15H2,1-2H3. The summed E-state index contributed by atoms with van der Waals surface area (Å²) in [6.45, 7) is 3.91. The topological polar surface area (TPSA) is 89.2 Å². The van der Waals surface area contributed by atoms with E-state index in [1.54, 1.807) is 12.1 Å². The molecule has 3 aromatic heterocycles. The van der Waals surface area contributed by atoms with Gasteiger partial charge in [-0.2, -0.15) is 0 Å². The molecule has 1 aromatic carbocycles. The predicted molar refractivity (Wildman–Crippen MR) is 126 cm³/mol. The van der Waals surface area contributed by atoms with Crippen molar-refractivity contribution < 1.29 is 14.2 Å². The molecule has 0 aliphatic carbocycles. The minimum atomic E-state index is -1.03. The minimum Gasteiger partial charge on any atom is -0.481 e. The van der Waals surface area contributed by atoms with Gasteiger partial charge in [-0.3, -0.25) is 4.98 Å². The number of benzene rings is 1. The molecule has 0 saturated carbocycles. The Kier molecular flexibility index (Phi) is 6.21. The van der Waals surface area contributed by atoms with E-state index in [1.165, 1.54) is 12.7 Å². The van der Waals surface area contributed by atoms with Crippen LogP contribution in [-0.4, -0.2) is 61.7 Å². The average Bonchev–Trinajstić information content (AvgIpc) is 3.34. The molecule has 1 atom stereocenters. The van der Waals surface area contributed by atoms with E-state index in [4.69, 9.17) is 4.74 Å². The third-order valence-electron chi connectivity index (χ3n) is 6.44. The van der Waals surface area contributed by atoms with E-state index in [-0.39, 0.29) is 11.6 Å². The first-order chi connectivity index (χ1) is 16.5.